The standard InChI is InChI=1S/C7H17NO3Si/c1-4-6(8-7(9)10)12-11-5(2)3/h5-6,8H,4,12H2,1-3H3,(H,9,10). The van der Waals surface area contributed by atoms with Gasteiger partial charge in [0.1, 0.15) is 0 Å². The summed E-state index contributed by atoms with van der Waals surface area (Å²) in [7, 11) is -0.757. The third kappa shape index (κ3) is 6.18. The van der Waals surface area contributed by atoms with Crippen LogP contribution >= 0.6 is 0 Å². The van der Waals surface area contributed by atoms with Crippen molar-refractivity contribution in [1.82, 2.24) is 5.32 Å². The molecule has 1 atom stereocenters. The lowest BCUT2D eigenvalue weighted by molar-refractivity contribution is 0.190. The SMILES string of the molecule is CCC(NC(=O)O)[SiH2]OC(C)C. The Balaban J connectivity index is 3.60. The molecule has 0 fully saturated rings. The highest BCUT2D eigenvalue weighted by Gasteiger charge is 2.10. The first kappa shape index (κ1) is 11.4. The maximum absolute atomic E-state index is 10.3. The molecule has 0 saturated carbocycles. The quantitative estimate of drug-likeness (QED) is 0.622. The zero-order valence-corrected chi connectivity index (χ0v) is 9.25. The number of amides is 1. The topological polar surface area (TPSA) is 58.6 Å². The van der Waals surface area contributed by atoms with Gasteiger partial charge in [0.15, 0.2) is 9.76 Å². The molecule has 5 heteroatoms. The predicted molar refractivity (Wildman–Crippen MR) is 50.0 cm³/mol. The molecule has 0 heterocycles. The molecular weight excluding hydrogens is 174 g/mol. The molecule has 12 heavy (non-hydrogen) atoms. The first-order chi connectivity index (χ1) is 5.56. The van der Waals surface area contributed by atoms with E-state index in [0.717, 1.165) is 6.42 Å². The summed E-state index contributed by atoms with van der Waals surface area (Å²) in [5.41, 5.74) is 0.0462. The van der Waals surface area contributed by atoms with Crippen molar-refractivity contribution in [3.8, 4) is 0 Å². The van der Waals surface area contributed by atoms with Crippen molar-refractivity contribution in [1.29, 1.82) is 0 Å². The van der Waals surface area contributed by atoms with Crippen LogP contribution < -0.4 is 5.32 Å². The first-order valence-electron chi connectivity index (χ1n) is 4.17. The van der Waals surface area contributed by atoms with Crippen LogP contribution in [0.5, 0.6) is 0 Å². The van der Waals surface area contributed by atoms with E-state index in [1.54, 1.807) is 0 Å². The van der Waals surface area contributed by atoms with Gasteiger partial charge in [0.25, 0.3) is 0 Å². The van der Waals surface area contributed by atoms with Crippen LogP contribution in [0.25, 0.3) is 0 Å². The predicted octanol–water partition coefficient (Wildman–Crippen LogP) is 0.499. The van der Waals surface area contributed by atoms with Crippen LogP contribution in [0, 0.1) is 0 Å². The van der Waals surface area contributed by atoms with E-state index in [9.17, 15) is 4.79 Å². The molecule has 72 valence electrons. The van der Waals surface area contributed by atoms with Gasteiger partial charge in [-0.05, 0) is 20.3 Å². The number of hydrogen-bond acceptors (Lipinski definition) is 2. The molecule has 0 aromatic heterocycles. The Kier molecular flexibility index (Phi) is 5.74. The highest BCUT2D eigenvalue weighted by atomic mass is 28.2. The second-order valence-corrected chi connectivity index (χ2v) is 4.59. The van der Waals surface area contributed by atoms with Crippen molar-refractivity contribution in [3.05, 3.63) is 0 Å². The van der Waals surface area contributed by atoms with E-state index < -0.39 is 15.9 Å². The number of nitrogens with one attached hydrogen (secondary N) is 1. The zero-order chi connectivity index (χ0) is 9.56. The molecule has 0 aliphatic carbocycles. The van der Waals surface area contributed by atoms with Crippen molar-refractivity contribution < 1.29 is 14.3 Å². The van der Waals surface area contributed by atoms with Gasteiger partial charge in [-0.1, -0.05) is 6.92 Å². The maximum Gasteiger partial charge on any atom is 0.404 e. The molecule has 0 aromatic carbocycles. The summed E-state index contributed by atoms with van der Waals surface area (Å²) < 4.78 is 5.41. The summed E-state index contributed by atoms with van der Waals surface area (Å²) in [5, 5.41) is 10.9. The molecule has 0 aromatic rings. The molecule has 0 radical (unpaired) electrons. The minimum absolute atomic E-state index is 0.0462. The van der Waals surface area contributed by atoms with Gasteiger partial charge in [0.05, 0.1) is 0 Å². The van der Waals surface area contributed by atoms with Crippen LogP contribution in [0.3, 0.4) is 0 Å². The van der Waals surface area contributed by atoms with Crippen molar-refractivity contribution in [2.24, 2.45) is 0 Å². The Morgan fingerprint density at radius 3 is 2.58 bits per heavy atom. The van der Waals surface area contributed by atoms with Crippen LogP contribution in [0.4, 0.5) is 4.79 Å². The summed E-state index contributed by atoms with van der Waals surface area (Å²) in [6.45, 7) is 5.87. The third-order valence-corrected chi connectivity index (χ3v) is 3.49. The second-order valence-electron chi connectivity index (χ2n) is 2.94. The molecule has 0 aliphatic rings. The van der Waals surface area contributed by atoms with Crippen molar-refractivity contribution in [2.45, 2.75) is 39.0 Å². The minimum atomic E-state index is -0.957. The van der Waals surface area contributed by atoms with Gasteiger partial charge in [-0.3, -0.25) is 0 Å². The normalized spacial score (nSPS) is 14.0. The average molecular weight is 191 g/mol. The van der Waals surface area contributed by atoms with Gasteiger partial charge in [-0.15, -0.1) is 0 Å². The molecule has 4 nitrogen and oxygen atoms in total. The molecule has 2 N–H and O–H groups in total. The number of hydrogen-bond donors (Lipinski definition) is 2. The molecule has 0 spiro atoms. The van der Waals surface area contributed by atoms with Crippen LogP contribution in [0.2, 0.25) is 0 Å². The number of rotatable bonds is 5. The summed E-state index contributed by atoms with van der Waals surface area (Å²) >= 11 is 0. The van der Waals surface area contributed by atoms with E-state index in [1.807, 2.05) is 20.8 Å². The lowest BCUT2D eigenvalue weighted by atomic mass is 10.5. The summed E-state index contributed by atoms with van der Waals surface area (Å²) in [4.78, 5) is 10.3. The number of carboxylic acid groups (broad SMARTS) is 1. The van der Waals surface area contributed by atoms with Crippen LogP contribution in [0.15, 0.2) is 0 Å². The van der Waals surface area contributed by atoms with Crippen molar-refractivity contribution in [2.75, 3.05) is 0 Å². The average Bonchev–Trinajstić information content (AvgIpc) is 1.97. The Hall–Kier alpha value is -0.553. The molecule has 0 aliphatic heterocycles. The minimum Gasteiger partial charge on any atom is -0.465 e. The molecule has 0 bridgehead atoms. The van der Waals surface area contributed by atoms with Crippen LogP contribution in [-0.4, -0.2) is 32.7 Å². The lowest BCUT2D eigenvalue weighted by Gasteiger charge is -2.15. The smallest absolute Gasteiger partial charge is 0.404 e. The van der Waals surface area contributed by atoms with Gasteiger partial charge in [-0.25, -0.2) is 4.79 Å². The second kappa shape index (κ2) is 6.02. The molecular formula is C7H17NO3Si. The highest BCUT2D eigenvalue weighted by Crippen LogP contribution is 1.93. The van der Waals surface area contributed by atoms with E-state index in [-0.39, 0.29) is 11.8 Å². The van der Waals surface area contributed by atoms with Crippen molar-refractivity contribution >= 4 is 15.9 Å². The van der Waals surface area contributed by atoms with E-state index in [0.29, 0.717) is 0 Å². The van der Waals surface area contributed by atoms with Gasteiger partial charge in [0.2, 0.25) is 0 Å². The van der Waals surface area contributed by atoms with E-state index in [1.165, 1.54) is 0 Å². The molecule has 1 unspecified atom stereocenters. The van der Waals surface area contributed by atoms with Gasteiger partial charge in [-0.2, -0.15) is 0 Å². The van der Waals surface area contributed by atoms with Gasteiger partial charge >= 0.3 is 6.09 Å². The van der Waals surface area contributed by atoms with Gasteiger partial charge < -0.3 is 14.8 Å². The summed E-state index contributed by atoms with van der Waals surface area (Å²) in [6.07, 6.45) is 0.0636. The maximum atomic E-state index is 10.3. The summed E-state index contributed by atoms with van der Waals surface area (Å²) in [5.74, 6) is 0. The Morgan fingerprint density at radius 2 is 2.25 bits per heavy atom. The fraction of sp³-hybridized carbons (Fsp3) is 0.857. The fourth-order valence-electron chi connectivity index (χ4n) is 0.745. The lowest BCUT2D eigenvalue weighted by Crippen LogP contribution is -2.39. The molecule has 0 saturated heterocycles. The van der Waals surface area contributed by atoms with E-state index in [2.05, 4.69) is 5.32 Å². The first-order valence-corrected chi connectivity index (χ1v) is 5.56. The number of carbonyl (C=O) groups is 1. The van der Waals surface area contributed by atoms with Crippen LogP contribution in [0.1, 0.15) is 27.2 Å². The van der Waals surface area contributed by atoms with Crippen molar-refractivity contribution in [3.63, 3.8) is 0 Å². The highest BCUT2D eigenvalue weighted by molar-refractivity contribution is 6.30. The Labute approximate surface area is 75.2 Å². The Bertz CT molecular complexity index is 141. The monoisotopic (exact) mass is 191 g/mol. The van der Waals surface area contributed by atoms with Gasteiger partial charge in [0, 0.05) is 11.8 Å². The fourth-order valence-corrected chi connectivity index (χ4v) is 1.86. The van der Waals surface area contributed by atoms with E-state index in [4.69, 9.17) is 9.53 Å². The van der Waals surface area contributed by atoms with E-state index >= 15 is 0 Å². The third-order valence-electron chi connectivity index (χ3n) is 1.45. The molecule has 1 amide bonds. The largest absolute Gasteiger partial charge is 0.465 e. The van der Waals surface area contributed by atoms with Crippen LogP contribution in [-0.2, 0) is 4.43 Å². The summed E-state index contributed by atoms with van der Waals surface area (Å²) in [6, 6.07) is 0. The zero-order valence-electron chi connectivity index (χ0n) is 7.83. The Morgan fingerprint density at radius 1 is 1.67 bits per heavy atom. The molecule has 0 rings (SSSR count).